The lowest BCUT2D eigenvalue weighted by molar-refractivity contribution is -0.131. The van der Waals surface area contributed by atoms with Crippen molar-refractivity contribution < 1.29 is 18.3 Å². The summed E-state index contributed by atoms with van der Waals surface area (Å²) in [7, 11) is -3.77. The summed E-state index contributed by atoms with van der Waals surface area (Å²) in [4.78, 5) is 10.2. The van der Waals surface area contributed by atoms with Crippen LogP contribution in [0.15, 0.2) is 35.2 Å². The van der Waals surface area contributed by atoms with Crippen LogP contribution in [0, 0.1) is 18.3 Å². The molecular weight excluding hydrogens is 268 g/mol. The summed E-state index contributed by atoms with van der Waals surface area (Å²) in [5.41, 5.74) is 0.751. The SMILES string of the molecule is Cc1ccc(C#N)cc1S(=O)(=O)NC/C=C/C(=O)O. The molecular formula is C12H12N2O4S. The van der Waals surface area contributed by atoms with Gasteiger partial charge in [0.15, 0.2) is 0 Å². The van der Waals surface area contributed by atoms with Crippen molar-refractivity contribution in [3.05, 3.63) is 41.5 Å². The van der Waals surface area contributed by atoms with E-state index in [9.17, 15) is 13.2 Å². The maximum absolute atomic E-state index is 12.0. The molecule has 0 atom stereocenters. The van der Waals surface area contributed by atoms with Crippen molar-refractivity contribution in [3.63, 3.8) is 0 Å². The van der Waals surface area contributed by atoms with Gasteiger partial charge in [-0.3, -0.25) is 0 Å². The highest BCUT2D eigenvalue weighted by atomic mass is 32.2. The van der Waals surface area contributed by atoms with Crippen molar-refractivity contribution in [3.8, 4) is 6.07 Å². The molecule has 0 saturated heterocycles. The molecule has 0 aliphatic carbocycles. The number of hydrogen-bond donors (Lipinski definition) is 2. The summed E-state index contributed by atoms with van der Waals surface area (Å²) in [6.45, 7) is 1.48. The second kappa shape index (κ2) is 6.13. The minimum absolute atomic E-state index is 0.00951. The molecule has 0 radical (unpaired) electrons. The third-order valence-electron chi connectivity index (χ3n) is 2.26. The number of rotatable bonds is 5. The van der Waals surface area contributed by atoms with Crippen LogP contribution >= 0.6 is 0 Å². The van der Waals surface area contributed by atoms with Gasteiger partial charge in [-0.2, -0.15) is 5.26 Å². The fraction of sp³-hybridized carbons (Fsp3) is 0.167. The van der Waals surface area contributed by atoms with E-state index in [4.69, 9.17) is 10.4 Å². The van der Waals surface area contributed by atoms with Gasteiger partial charge in [0.05, 0.1) is 16.5 Å². The lowest BCUT2D eigenvalue weighted by atomic mass is 10.2. The Bertz CT molecular complexity index is 657. The average Bonchev–Trinajstić information content (AvgIpc) is 2.35. The first kappa shape index (κ1) is 14.9. The lowest BCUT2D eigenvalue weighted by Crippen LogP contribution is -2.24. The highest BCUT2D eigenvalue weighted by molar-refractivity contribution is 7.89. The van der Waals surface area contributed by atoms with Gasteiger partial charge in [-0.25, -0.2) is 17.9 Å². The number of nitrogens with one attached hydrogen (secondary N) is 1. The molecule has 1 rings (SSSR count). The van der Waals surface area contributed by atoms with Gasteiger partial charge in [0.2, 0.25) is 10.0 Å². The highest BCUT2D eigenvalue weighted by Crippen LogP contribution is 2.16. The molecule has 0 aromatic heterocycles. The first-order valence-electron chi connectivity index (χ1n) is 5.26. The third-order valence-corrected chi connectivity index (χ3v) is 3.82. The zero-order valence-electron chi connectivity index (χ0n) is 10.1. The summed E-state index contributed by atoms with van der Waals surface area (Å²) in [5, 5.41) is 17.1. The summed E-state index contributed by atoms with van der Waals surface area (Å²) in [6.07, 6.45) is 2.03. The zero-order chi connectivity index (χ0) is 14.5. The van der Waals surface area contributed by atoms with Crippen LogP contribution in [0.4, 0.5) is 0 Å². The van der Waals surface area contributed by atoms with E-state index in [0.29, 0.717) is 5.56 Å². The van der Waals surface area contributed by atoms with Gasteiger partial charge in [0, 0.05) is 12.6 Å². The fourth-order valence-corrected chi connectivity index (χ4v) is 2.60. The molecule has 0 heterocycles. The Morgan fingerprint density at radius 3 is 2.79 bits per heavy atom. The van der Waals surface area contributed by atoms with E-state index in [1.807, 2.05) is 6.07 Å². The van der Waals surface area contributed by atoms with Crippen molar-refractivity contribution in [2.24, 2.45) is 0 Å². The quantitative estimate of drug-likeness (QED) is 0.775. The van der Waals surface area contributed by atoms with Crippen LogP contribution in [0.5, 0.6) is 0 Å². The van der Waals surface area contributed by atoms with Gasteiger partial charge in [-0.05, 0) is 24.6 Å². The van der Waals surface area contributed by atoms with Crippen LogP contribution < -0.4 is 4.72 Å². The van der Waals surface area contributed by atoms with Crippen LogP contribution in [0.25, 0.3) is 0 Å². The third kappa shape index (κ3) is 4.21. The zero-order valence-corrected chi connectivity index (χ0v) is 10.9. The smallest absolute Gasteiger partial charge is 0.328 e. The first-order valence-corrected chi connectivity index (χ1v) is 6.75. The molecule has 0 unspecified atom stereocenters. The van der Waals surface area contributed by atoms with E-state index in [0.717, 1.165) is 6.08 Å². The van der Waals surface area contributed by atoms with E-state index in [2.05, 4.69) is 4.72 Å². The summed E-state index contributed by atoms with van der Waals surface area (Å²) >= 11 is 0. The van der Waals surface area contributed by atoms with E-state index >= 15 is 0 Å². The molecule has 1 aromatic rings. The van der Waals surface area contributed by atoms with Crippen molar-refractivity contribution >= 4 is 16.0 Å². The topological polar surface area (TPSA) is 107 Å². The van der Waals surface area contributed by atoms with Crippen molar-refractivity contribution in [2.45, 2.75) is 11.8 Å². The Morgan fingerprint density at radius 1 is 1.53 bits per heavy atom. The number of carbonyl (C=O) groups is 1. The Balaban J connectivity index is 2.95. The fourth-order valence-electron chi connectivity index (χ4n) is 1.35. The molecule has 19 heavy (non-hydrogen) atoms. The Morgan fingerprint density at radius 2 is 2.21 bits per heavy atom. The number of aryl methyl sites for hydroxylation is 1. The second-order valence-electron chi connectivity index (χ2n) is 3.68. The standard InChI is InChI=1S/C12H12N2O4S/c1-9-4-5-10(8-13)7-11(9)19(17,18)14-6-2-3-12(15)16/h2-5,7,14H,6H2,1H3,(H,15,16)/b3-2+. The summed E-state index contributed by atoms with van der Waals surface area (Å²) in [5.74, 6) is -1.15. The van der Waals surface area contributed by atoms with Crippen LogP contribution in [-0.4, -0.2) is 26.0 Å². The molecule has 0 bridgehead atoms. The Hall–Kier alpha value is -2.17. The molecule has 6 nitrogen and oxygen atoms in total. The predicted molar refractivity (Wildman–Crippen MR) is 67.9 cm³/mol. The molecule has 100 valence electrons. The largest absolute Gasteiger partial charge is 0.478 e. The normalized spacial score (nSPS) is 11.4. The Labute approximate surface area is 111 Å². The summed E-state index contributed by atoms with van der Waals surface area (Å²) < 4.78 is 26.2. The van der Waals surface area contributed by atoms with Crippen molar-refractivity contribution in [1.82, 2.24) is 4.72 Å². The van der Waals surface area contributed by atoms with E-state index in [1.165, 1.54) is 18.2 Å². The maximum atomic E-state index is 12.0. The van der Waals surface area contributed by atoms with Crippen LogP contribution in [0.1, 0.15) is 11.1 Å². The van der Waals surface area contributed by atoms with Crippen LogP contribution in [-0.2, 0) is 14.8 Å². The number of nitriles is 1. The number of hydrogen-bond acceptors (Lipinski definition) is 4. The molecule has 7 heteroatoms. The number of aliphatic carboxylic acids is 1. The van der Waals surface area contributed by atoms with Gasteiger partial charge in [-0.15, -0.1) is 0 Å². The van der Waals surface area contributed by atoms with Crippen LogP contribution in [0.3, 0.4) is 0 Å². The molecule has 2 N–H and O–H groups in total. The molecule has 0 fully saturated rings. The van der Waals surface area contributed by atoms with Gasteiger partial charge in [-0.1, -0.05) is 12.1 Å². The summed E-state index contributed by atoms with van der Waals surface area (Å²) in [6, 6.07) is 6.21. The molecule has 0 aliphatic heterocycles. The van der Waals surface area contributed by atoms with Crippen LogP contribution in [0.2, 0.25) is 0 Å². The number of benzene rings is 1. The monoisotopic (exact) mass is 280 g/mol. The maximum Gasteiger partial charge on any atom is 0.328 e. The lowest BCUT2D eigenvalue weighted by Gasteiger charge is -2.08. The molecule has 0 aliphatic rings. The van der Waals surface area contributed by atoms with Crippen molar-refractivity contribution in [1.29, 1.82) is 5.26 Å². The van der Waals surface area contributed by atoms with Gasteiger partial charge in [0.25, 0.3) is 0 Å². The second-order valence-corrected chi connectivity index (χ2v) is 5.42. The highest BCUT2D eigenvalue weighted by Gasteiger charge is 2.16. The van der Waals surface area contributed by atoms with Gasteiger partial charge in [0.1, 0.15) is 0 Å². The predicted octanol–water partition coefficient (Wildman–Crippen LogP) is 0.786. The number of carboxylic acid groups (broad SMARTS) is 1. The van der Waals surface area contributed by atoms with Gasteiger partial charge >= 0.3 is 5.97 Å². The minimum atomic E-state index is -3.77. The molecule has 0 saturated carbocycles. The van der Waals surface area contributed by atoms with E-state index in [-0.39, 0.29) is 17.0 Å². The van der Waals surface area contributed by atoms with Crippen molar-refractivity contribution in [2.75, 3.05) is 6.54 Å². The van der Waals surface area contributed by atoms with E-state index < -0.39 is 16.0 Å². The van der Waals surface area contributed by atoms with E-state index in [1.54, 1.807) is 13.0 Å². The molecule has 1 aromatic carbocycles. The average molecular weight is 280 g/mol. The minimum Gasteiger partial charge on any atom is -0.478 e. The number of nitrogens with zero attached hydrogens (tertiary/aromatic N) is 1. The first-order chi connectivity index (χ1) is 8.86. The molecule has 0 amide bonds. The Kier molecular flexibility index (Phi) is 4.80. The van der Waals surface area contributed by atoms with Gasteiger partial charge < -0.3 is 5.11 Å². The number of carboxylic acids is 1. The number of sulfonamides is 1. The molecule has 0 spiro atoms.